The number of nitrogens with zero attached hydrogens (tertiary/aromatic N) is 3. The Labute approximate surface area is 174 Å². The van der Waals surface area contributed by atoms with Gasteiger partial charge in [-0.1, -0.05) is 18.2 Å². The molecule has 0 N–H and O–H groups in total. The molecule has 1 heterocycles. The minimum atomic E-state index is -4.53. The third kappa shape index (κ3) is 3.92. The molecule has 3 aromatic rings. The van der Waals surface area contributed by atoms with Crippen molar-refractivity contribution in [2.45, 2.75) is 32.0 Å². The van der Waals surface area contributed by atoms with Crippen molar-refractivity contribution in [2.24, 2.45) is 0 Å². The van der Waals surface area contributed by atoms with Crippen molar-refractivity contribution in [2.75, 3.05) is 7.05 Å². The molecule has 31 heavy (non-hydrogen) atoms. The van der Waals surface area contributed by atoms with Gasteiger partial charge in [-0.15, -0.1) is 0 Å². The van der Waals surface area contributed by atoms with Crippen LogP contribution in [-0.4, -0.2) is 27.6 Å². The van der Waals surface area contributed by atoms with Crippen LogP contribution in [0.4, 0.5) is 22.0 Å². The molecule has 162 valence electrons. The van der Waals surface area contributed by atoms with E-state index in [1.54, 1.807) is 0 Å². The van der Waals surface area contributed by atoms with Gasteiger partial charge in [-0.25, -0.2) is 13.5 Å². The maximum Gasteiger partial charge on any atom is 0.416 e. The first-order valence-corrected chi connectivity index (χ1v) is 9.63. The zero-order valence-electron chi connectivity index (χ0n) is 16.5. The molecule has 0 unspecified atom stereocenters. The molecule has 1 aliphatic carbocycles. The quantitative estimate of drug-likeness (QED) is 0.545. The van der Waals surface area contributed by atoms with E-state index in [-0.39, 0.29) is 23.5 Å². The van der Waals surface area contributed by atoms with Gasteiger partial charge in [-0.3, -0.25) is 4.79 Å². The van der Waals surface area contributed by atoms with Gasteiger partial charge in [0.2, 0.25) is 0 Å². The predicted octanol–water partition coefficient (Wildman–Crippen LogP) is 4.93. The molecule has 0 saturated heterocycles. The molecule has 2 aromatic carbocycles. The summed E-state index contributed by atoms with van der Waals surface area (Å²) < 4.78 is 68.3. The number of benzene rings is 2. The van der Waals surface area contributed by atoms with Crippen LogP contribution in [0.5, 0.6) is 0 Å². The van der Waals surface area contributed by atoms with Crippen molar-refractivity contribution in [3.05, 3.63) is 82.2 Å². The standard InChI is InChI=1S/C22H18F5N3O/c1-29(12-13-5-2-3-7-16(13)22(25,26)27)21(31)20-15-6-4-8-19(15)30(28-20)14-9-10-17(23)18(24)11-14/h2-3,5,7,9-11H,4,6,8,12H2,1H3. The molecule has 0 fully saturated rings. The second-order valence-electron chi connectivity index (χ2n) is 7.45. The van der Waals surface area contributed by atoms with Gasteiger partial charge in [0.1, 0.15) is 0 Å². The van der Waals surface area contributed by atoms with Gasteiger partial charge in [-0.2, -0.15) is 18.3 Å². The highest BCUT2D eigenvalue weighted by Crippen LogP contribution is 2.33. The highest BCUT2D eigenvalue weighted by molar-refractivity contribution is 5.94. The summed E-state index contributed by atoms with van der Waals surface area (Å²) in [5.41, 5.74) is 0.976. The van der Waals surface area contributed by atoms with Crippen LogP contribution >= 0.6 is 0 Å². The van der Waals surface area contributed by atoms with Gasteiger partial charge in [-0.05, 0) is 43.0 Å². The van der Waals surface area contributed by atoms with Crippen molar-refractivity contribution in [1.82, 2.24) is 14.7 Å². The summed E-state index contributed by atoms with van der Waals surface area (Å²) in [4.78, 5) is 14.3. The van der Waals surface area contributed by atoms with E-state index in [0.29, 0.717) is 18.4 Å². The molecule has 1 aromatic heterocycles. The van der Waals surface area contributed by atoms with E-state index in [1.807, 2.05) is 0 Å². The Bertz CT molecular complexity index is 1150. The Hall–Kier alpha value is -3.23. The van der Waals surface area contributed by atoms with Crippen LogP contribution in [0, 0.1) is 11.6 Å². The maximum atomic E-state index is 13.7. The van der Waals surface area contributed by atoms with Gasteiger partial charge in [0.25, 0.3) is 5.91 Å². The number of rotatable bonds is 4. The van der Waals surface area contributed by atoms with Gasteiger partial charge >= 0.3 is 6.18 Å². The predicted molar refractivity (Wildman–Crippen MR) is 103 cm³/mol. The molecular weight excluding hydrogens is 417 g/mol. The second-order valence-corrected chi connectivity index (χ2v) is 7.45. The fourth-order valence-corrected chi connectivity index (χ4v) is 3.88. The third-order valence-electron chi connectivity index (χ3n) is 5.36. The maximum absolute atomic E-state index is 13.7. The van der Waals surface area contributed by atoms with Crippen LogP contribution in [0.15, 0.2) is 42.5 Å². The van der Waals surface area contributed by atoms with Gasteiger partial charge in [0.15, 0.2) is 17.3 Å². The van der Waals surface area contributed by atoms with E-state index in [2.05, 4.69) is 5.10 Å². The van der Waals surface area contributed by atoms with Crippen molar-refractivity contribution in [3.8, 4) is 5.69 Å². The number of amides is 1. The number of halogens is 5. The number of carbonyl (C=O) groups is 1. The number of aromatic nitrogens is 2. The third-order valence-corrected chi connectivity index (χ3v) is 5.36. The summed E-state index contributed by atoms with van der Waals surface area (Å²) in [5, 5.41) is 4.32. The van der Waals surface area contributed by atoms with Gasteiger partial charge in [0.05, 0.1) is 11.3 Å². The molecule has 4 rings (SSSR count). The Balaban J connectivity index is 1.66. The average Bonchev–Trinajstić information content (AvgIpc) is 3.32. The summed E-state index contributed by atoms with van der Waals surface area (Å²) in [5.74, 6) is -2.56. The van der Waals surface area contributed by atoms with Crippen molar-refractivity contribution in [1.29, 1.82) is 0 Å². The number of carbonyl (C=O) groups excluding carboxylic acids is 1. The van der Waals surface area contributed by atoms with E-state index >= 15 is 0 Å². The summed E-state index contributed by atoms with van der Waals surface area (Å²) >= 11 is 0. The molecule has 0 spiro atoms. The van der Waals surface area contributed by atoms with Crippen molar-refractivity contribution in [3.63, 3.8) is 0 Å². The first kappa shape index (κ1) is 21.0. The van der Waals surface area contributed by atoms with Crippen LogP contribution < -0.4 is 0 Å². The summed E-state index contributed by atoms with van der Waals surface area (Å²) in [6.45, 7) is -0.249. The zero-order valence-corrected chi connectivity index (χ0v) is 16.5. The topological polar surface area (TPSA) is 38.1 Å². The molecule has 0 radical (unpaired) electrons. The second kappa shape index (κ2) is 7.79. The highest BCUT2D eigenvalue weighted by atomic mass is 19.4. The molecule has 1 amide bonds. The van der Waals surface area contributed by atoms with Gasteiger partial charge < -0.3 is 4.90 Å². The molecule has 4 nitrogen and oxygen atoms in total. The summed E-state index contributed by atoms with van der Waals surface area (Å²) in [6, 6.07) is 8.43. The Kier molecular flexibility index (Phi) is 5.28. The molecule has 1 aliphatic rings. The van der Waals surface area contributed by atoms with Crippen LogP contribution in [0.1, 0.15) is 39.3 Å². The van der Waals surface area contributed by atoms with E-state index in [9.17, 15) is 26.7 Å². The molecule has 0 aliphatic heterocycles. The van der Waals surface area contributed by atoms with E-state index in [1.165, 1.54) is 40.9 Å². The summed E-state index contributed by atoms with van der Waals surface area (Å²) in [7, 11) is 1.41. The van der Waals surface area contributed by atoms with Crippen LogP contribution in [0.25, 0.3) is 5.69 Å². The van der Waals surface area contributed by atoms with Gasteiger partial charge in [0, 0.05) is 30.9 Å². The fraction of sp³-hybridized carbons (Fsp3) is 0.273. The van der Waals surface area contributed by atoms with Crippen LogP contribution in [-0.2, 0) is 25.6 Å². The smallest absolute Gasteiger partial charge is 0.336 e. The van der Waals surface area contributed by atoms with Crippen molar-refractivity contribution >= 4 is 5.91 Å². The highest BCUT2D eigenvalue weighted by Gasteiger charge is 2.34. The Morgan fingerprint density at radius 2 is 1.84 bits per heavy atom. The van der Waals surface area contributed by atoms with Crippen LogP contribution in [0.2, 0.25) is 0 Å². The summed E-state index contributed by atoms with van der Waals surface area (Å²) in [6.07, 6.45) is -2.59. The molecule has 0 bridgehead atoms. The fourth-order valence-electron chi connectivity index (χ4n) is 3.88. The number of hydrogen-bond acceptors (Lipinski definition) is 2. The lowest BCUT2D eigenvalue weighted by Crippen LogP contribution is -2.28. The van der Waals surface area contributed by atoms with Crippen LogP contribution in [0.3, 0.4) is 0 Å². The van der Waals surface area contributed by atoms with E-state index in [4.69, 9.17) is 0 Å². The average molecular weight is 435 g/mol. The normalized spacial score (nSPS) is 13.4. The number of fused-ring (bicyclic) bond motifs is 1. The van der Waals surface area contributed by atoms with Crippen molar-refractivity contribution < 1.29 is 26.7 Å². The molecule has 0 saturated carbocycles. The zero-order chi connectivity index (χ0) is 22.3. The lowest BCUT2D eigenvalue weighted by atomic mass is 10.1. The monoisotopic (exact) mass is 435 g/mol. The minimum absolute atomic E-state index is 0.0254. The molecule has 0 atom stereocenters. The largest absolute Gasteiger partial charge is 0.416 e. The first-order valence-electron chi connectivity index (χ1n) is 9.63. The van der Waals surface area contributed by atoms with E-state index in [0.717, 1.165) is 30.3 Å². The lowest BCUT2D eigenvalue weighted by molar-refractivity contribution is -0.138. The Morgan fingerprint density at radius 3 is 2.55 bits per heavy atom. The SMILES string of the molecule is CN(Cc1ccccc1C(F)(F)F)C(=O)c1nn(-c2ccc(F)c(F)c2)c2c1CCC2. The minimum Gasteiger partial charge on any atom is -0.336 e. The molecule has 9 heteroatoms. The number of alkyl halides is 3. The lowest BCUT2D eigenvalue weighted by Gasteiger charge is -2.20. The first-order chi connectivity index (χ1) is 14.7. The number of hydrogen-bond donors (Lipinski definition) is 0. The van der Waals surface area contributed by atoms with E-state index < -0.39 is 29.3 Å². The Morgan fingerprint density at radius 1 is 1.10 bits per heavy atom. The molecular formula is C22H18F5N3O.